The molecule has 1 saturated heterocycles. The van der Waals surface area contributed by atoms with Crippen LogP contribution in [0.4, 0.5) is 0 Å². The third-order valence-electron chi connectivity index (χ3n) is 1.32. The first-order valence-corrected chi connectivity index (χ1v) is 2.94. The van der Waals surface area contributed by atoms with E-state index in [0.717, 1.165) is 13.1 Å². The van der Waals surface area contributed by atoms with Crippen LogP contribution >= 0.6 is 0 Å². The molecule has 0 atom stereocenters. The van der Waals surface area contributed by atoms with Crippen LogP contribution in [0.5, 0.6) is 0 Å². The zero-order chi connectivity index (χ0) is 5.98. The summed E-state index contributed by atoms with van der Waals surface area (Å²) in [4.78, 5) is 2.12. The lowest BCUT2D eigenvalue weighted by atomic mass is 10.7. The van der Waals surface area contributed by atoms with Gasteiger partial charge in [0.1, 0.15) is 6.29 Å². The van der Waals surface area contributed by atoms with E-state index in [-0.39, 0.29) is 0 Å². The summed E-state index contributed by atoms with van der Waals surface area (Å²) < 4.78 is 0. The number of hydrogen-bond acceptors (Lipinski definition) is 3. The fraction of sp³-hybridized carbons (Fsp3) is 1.00. The standard InChI is InChI=1S/C5H13N3/c1-8(2)5-6-3-4-7-5/h5-7H,3-4H2,1-2H3. The second-order valence-electron chi connectivity index (χ2n) is 2.27. The summed E-state index contributed by atoms with van der Waals surface area (Å²) in [5, 5.41) is 6.54. The van der Waals surface area contributed by atoms with Gasteiger partial charge >= 0.3 is 0 Å². The smallest absolute Gasteiger partial charge is 0.114 e. The van der Waals surface area contributed by atoms with Gasteiger partial charge in [-0.25, -0.2) is 0 Å². The fourth-order valence-electron chi connectivity index (χ4n) is 0.855. The zero-order valence-electron chi connectivity index (χ0n) is 5.44. The zero-order valence-corrected chi connectivity index (χ0v) is 5.44. The first-order valence-electron chi connectivity index (χ1n) is 2.94. The predicted octanol–water partition coefficient (Wildman–Crippen LogP) is -0.976. The second kappa shape index (κ2) is 2.44. The molecule has 3 heteroatoms. The lowest BCUT2D eigenvalue weighted by molar-refractivity contribution is 0.249. The minimum Gasteiger partial charge on any atom is -0.288 e. The van der Waals surface area contributed by atoms with Gasteiger partial charge in [0.05, 0.1) is 0 Å². The average molecular weight is 115 g/mol. The maximum Gasteiger partial charge on any atom is 0.114 e. The van der Waals surface area contributed by atoms with Crippen LogP contribution in [-0.4, -0.2) is 38.4 Å². The molecule has 0 spiro atoms. The molecule has 0 unspecified atom stereocenters. The normalized spacial score (nSPS) is 22.9. The average Bonchev–Trinajstić information content (AvgIpc) is 2.12. The number of nitrogens with one attached hydrogen (secondary N) is 2. The summed E-state index contributed by atoms with van der Waals surface area (Å²) in [6, 6.07) is 0. The summed E-state index contributed by atoms with van der Waals surface area (Å²) in [6.45, 7) is 2.17. The highest BCUT2D eigenvalue weighted by Crippen LogP contribution is 1.86. The molecule has 0 aliphatic carbocycles. The Morgan fingerprint density at radius 2 is 1.75 bits per heavy atom. The van der Waals surface area contributed by atoms with E-state index in [0.29, 0.717) is 6.29 Å². The third kappa shape index (κ3) is 1.18. The molecular formula is C5H13N3. The van der Waals surface area contributed by atoms with Crippen molar-refractivity contribution in [3.8, 4) is 0 Å². The van der Waals surface area contributed by atoms with E-state index >= 15 is 0 Å². The Balaban J connectivity index is 2.24. The Morgan fingerprint density at radius 1 is 1.25 bits per heavy atom. The molecule has 0 radical (unpaired) electrons. The van der Waals surface area contributed by atoms with Crippen LogP contribution in [0.25, 0.3) is 0 Å². The van der Waals surface area contributed by atoms with Gasteiger partial charge in [0.15, 0.2) is 0 Å². The van der Waals surface area contributed by atoms with Crippen molar-refractivity contribution >= 4 is 0 Å². The van der Waals surface area contributed by atoms with Crippen molar-refractivity contribution in [2.24, 2.45) is 0 Å². The molecular weight excluding hydrogens is 102 g/mol. The van der Waals surface area contributed by atoms with E-state index in [1.165, 1.54) is 0 Å². The Kier molecular flexibility index (Phi) is 1.83. The number of rotatable bonds is 1. The van der Waals surface area contributed by atoms with E-state index in [1.807, 2.05) is 0 Å². The minimum atomic E-state index is 0.398. The maximum absolute atomic E-state index is 3.27. The Hall–Kier alpha value is -0.120. The first kappa shape index (κ1) is 6.01. The highest BCUT2D eigenvalue weighted by atomic mass is 15.4. The summed E-state index contributed by atoms with van der Waals surface area (Å²) in [5.74, 6) is 0. The SMILES string of the molecule is CN(C)C1NCCN1. The van der Waals surface area contributed by atoms with Crippen LogP contribution in [-0.2, 0) is 0 Å². The third-order valence-corrected chi connectivity index (χ3v) is 1.32. The molecule has 1 heterocycles. The molecule has 0 aromatic carbocycles. The lowest BCUT2D eigenvalue weighted by Crippen LogP contribution is -2.43. The molecule has 0 saturated carbocycles. The quantitative estimate of drug-likeness (QED) is 0.460. The molecule has 1 aliphatic rings. The molecule has 1 rings (SSSR count). The van der Waals surface area contributed by atoms with E-state index in [4.69, 9.17) is 0 Å². The molecule has 0 aromatic heterocycles. The van der Waals surface area contributed by atoms with E-state index in [1.54, 1.807) is 0 Å². The predicted molar refractivity (Wildman–Crippen MR) is 33.5 cm³/mol. The van der Waals surface area contributed by atoms with Crippen molar-refractivity contribution < 1.29 is 0 Å². The van der Waals surface area contributed by atoms with Gasteiger partial charge in [0.25, 0.3) is 0 Å². The highest BCUT2D eigenvalue weighted by Gasteiger charge is 2.13. The van der Waals surface area contributed by atoms with Crippen molar-refractivity contribution in [2.45, 2.75) is 6.29 Å². The van der Waals surface area contributed by atoms with Gasteiger partial charge in [-0.05, 0) is 14.1 Å². The molecule has 8 heavy (non-hydrogen) atoms. The summed E-state index contributed by atoms with van der Waals surface area (Å²) in [7, 11) is 4.10. The van der Waals surface area contributed by atoms with Gasteiger partial charge < -0.3 is 0 Å². The van der Waals surface area contributed by atoms with Crippen molar-refractivity contribution in [1.29, 1.82) is 0 Å². The van der Waals surface area contributed by atoms with Gasteiger partial charge in [0, 0.05) is 13.1 Å². The molecule has 1 fully saturated rings. The lowest BCUT2D eigenvalue weighted by Gasteiger charge is -2.18. The highest BCUT2D eigenvalue weighted by molar-refractivity contribution is 4.69. The molecule has 48 valence electrons. The maximum atomic E-state index is 3.27. The van der Waals surface area contributed by atoms with E-state index in [2.05, 4.69) is 29.6 Å². The van der Waals surface area contributed by atoms with Crippen LogP contribution < -0.4 is 10.6 Å². The first-order chi connectivity index (χ1) is 3.80. The van der Waals surface area contributed by atoms with Crippen LogP contribution in [0.1, 0.15) is 0 Å². The summed E-state index contributed by atoms with van der Waals surface area (Å²) in [5.41, 5.74) is 0. The Morgan fingerprint density at radius 3 is 2.00 bits per heavy atom. The van der Waals surface area contributed by atoms with Crippen molar-refractivity contribution in [3.63, 3.8) is 0 Å². The van der Waals surface area contributed by atoms with Crippen LogP contribution in [0, 0.1) is 0 Å². The molecule has 0 aromatic rings. The number of nitrogens with zero attached hydrogens (tertiary/aromatic N) is 1. The van der Waals surface area contributed by atoms with Crippen molar-refractivity contribution in [3.05, 3.63) is 0 Å². The minimum absolute atomic E-state index is 0.398. The molecule has 1 aliphatic heterocycles. The summed E-state index contributed by atoms with van der Waals surface area (Å²) >= 11 is 0. The fourth-order valence-corrected chi connectivity index (χ4v) is 0.855. The monoisotopic (exact) mass is 115 g/mol. The second-order valence-corrected chi connectivity index (χ2v) is 2.27. The Bertz CT molecular complexity index is 66.1. The largest absolute Gasteiger partial charge is 0.288 e. The van der Waals surface area contributed by atoms with E-state index < -0.39 is 0 Å². The van der Waals surface area contributed by atoms with Crippen molar-refractivity contribution in [2.75, 3.05) is 27.2 Å². The topological polar surface area (TPSA) is 27.3 Å². The van der Waals surface area contributed by atoms with Crippen LogP contribution in [0.15, 0.2) is 0 Å². The van der Waals surface area contributed by atoms with Gasteiger partial charge in [-0.2, -0.15) is 0 Å². The van der Waals surface area contributed by atoms with E-state index in [9.17, 15) is 0 Å². The van der Waals surface area contributed by atoms with Gasteiger partial charge in [-0.15, -0.1) is 0 Å². The van der Waals surface area contributed by atoms with Crippen LogP contribution in [0.2, 0.25) is 0 Å². The van der Waals surface area contributed by atoms with Gasteiger partial charge in [-0.3, -0.25) is 15.5 Å². The molecule has 2 N–H and O–H groups in total. The number of hydrogen-bond donors (Lipinski definition) is 2. The summed E-state index contributed by atoms with van der Waals surface area (Å²) in [6.07, 6.45) is 0.398. The van der Waals surface area contributed by atoms with Crippen molar-refractivity contribution in [1.82, 2.24) is 15.5 Å². The van der Waals surface area contributed by atoms with Gasteiger partial charge in [-0.1, -0.05) is 0 Å². The Labute approximate surface area is 50.1 Å². The van der Waals surface area contributed by atoms with Crippen LogP contribution in [0.3, 0.4) is 0 Å². The molecule has 0 bridgehead atoms. The molecule has 0 amide bonds. The van der Waals surface area contributed by atoms with Gasteiger partial charge in [0.2, 0.25) is 0 Å². The molecule has 3 nitrogen and oxygen atoms in total.